The summed E-state index contributed by atoms with van der Waals surface area (Å²) in [4.78, 5) is 5.17. The summed E-state index contributed by atoms with van der Waals surface area (Å²) in [6.07, 6.45) is 0.812. The number of rotatable bonds is 2. The van der Waals surface area contributed by atoms with E-state index in [1.165, 1.54) is 11.3 Å². The van der Waals surface area contributed by atoms with E-state index in [2.05, 4.69) is 4.98 Å². The van der Waals surface area contributed by atoms with Crippen LogP contribution in [0.5, 0.6) is 0 Å². The summed E-state index contributed by atoms with van der Waals surface area (Å²) in [5.41, 5.74) is 0.937. The predicted molar refractivity (Wildman–Crippen MR) is 46.0 cm³/mol. The van der Waals surface area contributed by atoms with Crippen LogP contribution in [-0.4, -0.2) is 10.9 Å². The minimum absolute atomic E-state index is 0.530. The molecule has 0 atom stereocenters. The van der Waals surface area contributed by atoms with Crippen molar-refractivity contribution in [3.05, 3.63) is 15.6 Å². The van der Waals surface area contributed by atoms with E-state index in [0.717, 1.165) is 17.0 Å². The van der Waals surface area contributed by atoms with Crippen molar-refractivity contribution in [3.8, 4) is 6.07 Å². The minimum Gasteiger partial charge on any atom is -0.231 e. The van der Waals surface area contributed by atoms with E-state index < -0.39 is 0 Å². The highest BCUT2D eigenvalue weighted by Crippen LogP contribution is 2.17. The topological polar surface area (TPSA) is 36.7 Å². The highest BCUT2D eigenvalue weighted by atomic mass is 35.5. The lowest BCUT2D eigenvalue weighted by Gasteiger charge is -1.89. The van der Waals surface area contributed by atoms with Crippen LogP contribution in [-0.2, 0) is 6.42 Å². The third-order valence-electron chi connectivity index (χ3n) is 1.31. The van der Waals surface area contributed by atoms with Gasteiger partial charge in [-0.05, 0) is 13.3 Å². The number of aromatic nitrogens is 1. The lowest BCUT2D eigenvalue weighted by Crippen LogP contribution is -1.83. The zero-order chi connectivity index (χ0) is 8.27. The smallest absolute Gasteiger partial charge is 0.194 e. The van der Waals surface area contributed by atoms with Gasteiger partial charge < -0.3 is 0 Å². The van der Waals surface area contributed by atoms with Crippen LogP contribution in [0.15, 0.2) is 0 Å². The van der Waals surface area contributed by atoms with E-state index in [9.17, 15) is 0 Å². The lowest BCUT2D eigenvalue weighted by molar-refractivity contribution is 1.11. The molecule has 0 amide bonds. The zero-order valence-electron chi connectivity index (χ0n) is 6.09. The molecule has 0 aliphatic rings. The number of nitrogens with zero attached hydrogens (tertiary/aromatic N) is 2. The lowest BCUT2D eigenvalue weighted by atomic mass is 10.3. The van der Waals surface area contributed by atoms with Crippen LogP contribution in [0, 0.1) is 18.3 Å². The van der Waals surface area contributed by atoms with E-state index >= 15 is 0 Å². The molecular weight excluding hydrogens is 180 g/mol. The van der Waals surface area contributed by atoms with Crippen LogP contribution in [0.25, 0.3) is 0 Å². The number of halogens is 1. The molecule has 11 heavy (non-hydrogen) atoms. The van der Waals surface area contributed by atoms with Crippen molar-refractivity contribution in [2.75, 3.05) is 5.88 Å². The van der Waals surface area contributed by atoms with Crippen molar-refractivity contribution < 1.29 is 0 Å². The van der Waals surface area contributed by atoms with Crippen LogP contribution >= 0.6 is 22.9 Å². The number of nitriles is 1. The fourth-order valence-electron chi connectivity index (χ4n) is 0.794. The third kappa shape index (κ3) is 1.92. The summed E-state index contributed by atoms with van der Waals surface area (Å²) in [7, 11) is 0. The highest BCUT2D eigenvalue weighted by Gasteiger charge is 2.05. The minimum atomic E-state index is 0.530. The van der Waals surface area contributed by atoms with Gasteiger partial charge in [-0.15, -0.1) is 22.9 Å². The SMILES string of the molecule is Cc1nc(C#N)sc1CCCl. The molecule has 0 unspecified atom stereocenters. The molecule has 1 heterocycles. The Morgan fingerprint density at radius 3 is 2.91 bits per heavy atom. The van der Waals surface area contributed by atoms with Crippen molar-refractivity contribution in [1.29, 1.82) is 5.26 Å². The monoisotopic (exact) mass is 186 g/mol. The van der Waals surface area contributed by atoms with Crippen LogP contribution in [0.2, 0.25) is 0 Å². The Morgan fingerprint density at radius 2 is 2.45 bits per heavy atom. The maximum Gasteiger partial charge on any atom is 0.194 e. The average Bonchev–Trinajstić information content (AvgIpc) is 2.33. The van der Waals surface area contributed by atoms with E-state index in [0.29, 0.717) is 10.9 Å². The molecule has 2 nitrogen and oxygen atoms in total. The van der Waals surface area contributed by atoms with Gasteiger partial charge in [0.15, 0.2) is 5.01 Å². The van der Waals surface area contributed by atoms with Gasteiger partial charge in [-0.2, -0.15) is 5.26 Å². The summed E-state index contributed by atoms with van der Waals surface area (Å²) in [5, 5.41) is 9.04. The molecule has 1 aromatic heterocycles. The summed E-state index contributed by atoms with van der Waals surface area (Å²) >= 11 is 6.98. The second kappa shape index (κ2) is 3.70. The number of hydrogen-bond acceptors (Lipinski definition) is 3. The first kappa shape index (κ1) is 8.51. The predicted octanol–water partition coefficient (Wildman–Crippen LogP) is 2.10. The van der Waals surface area contributed by atoms with Crippen LogP contribution in [0.1, 0.15) is 15.6 Å². The molecule has 1 rings (SSSR count). The first-order chi connectivity index (χ1) is 5.27. The van der Waals surface area contributed by atoms with Crippen molar-refractivity contribution in [1.82, 2.24) is 4.98 Å². The Balaban J connectivity index is 2.90. The first-order valence-corrected chi connectivity index (χ1v) is 4.55. The fourth-order valence-corrected chi connectivity index (χ4v) is 1.95. The van der Waals surface area contributed by atoms with Gasteiger partial charge in [-0.25, -0.2) is 4.98 Å². The molecule has 0 spiro atoms. The van der Waals surface area contributed by atoms with Gasteiger partial charge in [0.25, 0.3) is 0 Å². The third-order valence-corrected chi connectivity index (χ3v) is 2.62. The Bertz CT molecular complexity index is 287. The Labute approximate surface area is 74.4 Å². The van der Waals surface area contributed by atoms with Crippen LogP contribution < -0.4 is 0 Å². The van der Waals surface area contributed by atoms with Gasteiger partial charge >= 0.3 is 0 Å². The van der Waals surface area contributed by atoms with Gasteiger partial charge in [-0.3, -0.25) is 0 Å². The van der Waals surface area contributed by atoms with Gasteiger partial charge in [0.05, 0.1) is 5.69 Å². The summed E-state index contributed by atoms with van der Waals surface area (Å²) in [5.74, 6) is 0.591. The quantitative estimate of drug-likeness (QED) is 0.664. The van der Waals surface area contributed by atoms with Crippen LogP contribution in [0.3, 0.4) is 0 Å². The van der Waals surface area contributed by atoms with Gasteiger partial charge in [0, 0.05) is 10.8 Å². The first-order valence-electron chi connectivity index (χ1n) is 3.20. The Kier molecular flexibility index (Phi) is 2.86. The Hall–Kier alpha value is -0.590. The molecular formula is C7H7ClN2S. The van der Waals surface area contributed by atoms with Crippen molar-refractivity contribution >= 4 is 22.9 Å². The molecule has 0 fully saturated rings. The molecule has 0 radical (unpaired) electrons. The second-order valence-electron chi connectivity index (χ2n) is 2.08. The molecule has 0 saturated carbocycles. The molecule has 0 aliphatic carbocycles. The normalized spacial score (nSPS) is 9.55. The summed E-state index contributed by atoms with van der Waals surface area (Å²) < 4.78 is 0. The standard InChI is InChI=1S/C7H7ClN2S/c1-5-6(2-3-8)11-7(4-9)10-5/h2-3H2,1H3. The summed E-state index contributed by atoms with van der Waals surface area (Å²) in [6, 6.07) is 2.01. The molecule has 0 bridgehead atoms. The van der Waals surface area contributed by atoms with Gasteiger partial charge in [-0.1, -0.05) is 0 Å². The van der Waals surface area contributed by atoms with E-state index in [1.54, 1.807) is 0 Å². The maximum atomic E-state index is 8.51. The van der Waals surface area contributed by atoms with Crippen molar-refractivity contribution in [2.45, 2.75) is 13.3 Å². The molecule has 58 valence electrons. The second-order valence-corrected chi connectivity index (χ2v) is 3.54. The number of hydrogen-bond donors (Lipinski definition) is 0. The van der Waals surface area contributed by atoms with E-state index in [4.69, 9.17) is 16.9 Å². The molecule has 0 saturated heterocycles. The molecule has 1 aromatic rings. The number of aryl methyl sites for hydroxylation is 2. The average molecular weight is 187 g/mol. The number of thiazole rings is 1. The Morgan fingerprint density at radius 1 is 1.73 bits per heavy atom. The summed E-state index contributed by atoms with van der Waals surface area (Å²) in [6.45, 7) is 1.90. The van der Waals surface area contributed by atoms with Crippen molar-refractivity contribution in [3.63, 3.8) is 0 Å². The maximum absolute atomic E-state index is 8.51. The molecule has 4 heteroatoms. The largest absolute Gasteiger partial charge is 0.231 e. The van der Waals surface area contributed by atoms with Gasteiger partial charge in [0.1, 0.15) is 6.07 Å². The fraction of sp³-hybridized carbons (Fsp3) is 0.429. The van der Waals surface area contributed by atoms with E-state index in [-0.39, 0.29) is 0 Å². The van der Waals surface area contributed by atoms with Crippen molar-refractivity contribution in [2.24, 2.45) is 0 Å². The van der Waals surface area contributed by atoms with Crippen LogP contribution in [0.4, 0.5) is 0 Å². The van der Waals surface area contributed by atoms with Gasteiger partial charge in [0.2, 0.25) is 0 Å². The number of alkyl halides is 1. The molecule has 0 aromatic carbocycles. The highest BCUT2D eigenvalue weighted by molar-refractivity contribution is 7.12. The molecule has 0 N–H and O–H groups in total. The zero-order valence-corrected chi connectivity index (χ0v) is 7.67. The molecule has 0 aliphatic heterocycles. The van der Waals surface area contributed by atoms with E-state index in [1.807, 2.05) is 13.0 Å².